The normalized spacial score (nSPS) is 47.6. The van der Waals surface area contributed by atoms with Crippen molar-refractivity contribution < 1.29 is 14.2 Å². The minimum atomic E-state index is -0.115. The van der Waals surface area contributed by atoms with Gasteiger partial charge in [0.1, 0.15) is 11.7 Å². The van der Waals surface area contributed by atoms with Gasteiger partial charge in [-0.05, 0) is 39.2 Å². The quantitative estimate of drug-likeness (QED) is 0.777. The third kappa shape index (κ3) is 1.71. The average molecular weight is 314 g/mol. The van der Waals surface area contributed by atoms with E-state index in [9.17, 15) is 0 Å². The number of benzene rings is 1. The molecule has 2 bridgehead atoms. The monoisotopic (exact) mass is 314 g/mol. The summed E-state index contributed by atoms with van der Waals surface area (Å²) in [5.41, 5.74) is 3.97. The Bertz CT molecular complexity index is 636. The van der Waals surface area contributed by atoms with Crippen LogP contribution in [-0.2, 0) is 14.2 Å². The molecular weight excluding hydrogens is 288 g/mol. The zero-order chi connectivity index (χ0) is 15.8. The molecule has 1 aliphatic carbocycles. The van der Waals surface area contributed by atoms with Crippen molar-refractivity contribution in [3.63, 3.8) is 0 Å². The van der Waals surface area contributed by atoms with Gasteiger partial charge in [0.25, 0.3) is 0 Å². The molecule has 1 saturated carbocycles. The van der Waals surface area contributed by atoms with Crippen LogP contribution in [-0.4, -0.2) is 24.1 Å². The molecule has 1 aromatic rings. The van der Waals surface area contributed by atoms with Crippen LogP contribution >= 0.6 is 0 Å². The van der Waals surface area contributed by atoms with Crippen molar-refractivity contribution in [2.24, 2.45) is 5.41 Å². The maximum Gasteiger partial charge on any atom is 0.159 e. The van der Waals surface area contributed by atoms with Crippen LogP contribution < -0.4 is 0 Å². The van der Waals surface area contributed by atoms with Gasteiger partial charge in [-0.25, -0.2) is 0 Å². The zero-order valence-corrected chi connectivity index (χ0v) is 14.3. The second-order valence-corrected chi connectivity index (χ2v) is 8.20. The predicted molar refractivity (Wildman–Crippen MR) is 87.2 cm³/mol. The van der Waals surface area contributed by atoms with E-state index >= 15 is 0 Å². The van der Waals surface area contributed by atoms with E-state index in [0.717, 1.165) is 12.8 Å². The molecule has 23 heavy (non-hydrogen) atoms. The Morgan fingerprint density at radius 3 is 2.52 bits per heavy atom. The van der Waals surface area contributed by atoms with Gasteiger partial charge in [-0.15, -0.1) is 0 Å². The van der Waals surface area contributed by atoms with Crippen LogP contribution in [0.2, 0.25) is 0 Å². The van der Waals surface area contributed by atoms with Crippen LogP contribution in [0.25, 0.3) is 0 Å². The fourth-order valence-electron chi connectivity index (χ4n) is 6.09. The molecule has 1 spiro atoms. The molecule has 3 heteroatoms. The third-order valence-corrected chi connectivity index (χ3v) is 6.72. The average Bonchev–Trinajstić information content (AvgIpc) is 2.91. The molecule has 3 heterocycles. The Morgan fingerprint density at radius 1 is 1.00 bits per heavy atom. The van der Waals surface area contributed by atoms with E-state index in [1.807, 2.05) is 0 Å². The molecule has 0 amide bonds. The van der Waals surface area contributed by atoms with Gasteiger partial charge in [-0.2, -0.15) is 0 Å². The van der Waals surface area contributed by atoms with Gasteiger partial charge in [-0.1, -0.05) is 42.2 Å². The lowest BCUT2D eigenvalue weighted by Gasteiger charge is -2.47. The molecule has 3 nitrogen and oxygen atoms in total. The van der Waals surface area contributed by atoms with Crippen molar-refractivity contribution in [2.75, 3.05) is 0 Å². The first-order chi connectivity index (χ1) is 11.0. The fourth-order valence-corrected chi connectivity index (χ4v) is 6.09. The highest BCUT2D eigenvalue weighted by Crippen LogP contribution is 2.70. The summed E-state index contributed by atoms with van der Waals surface area (Å²) in [6.45, 7) is 6.52. The van der Waals surface area contributed by atoms with Gasteiger partial charge in [-0.3, -0.25) is 0 Å². The molecule has 0 radical (unpaired) electrons. The first-order valence-corrected chi connectivity index (χ1v) is 9.11. The van der Waals surface area contributed by atoms with Gasteiger partial charge in [0.05, 0.1) is 12.2 Å². The first kappa shape index (κ1) is 14.4. The van der Waals surface area contributed by atoms with E-state index in [-0.39, 0.29) is 35.6 Å². The summed E-state index contributed by atoms with van der Waals surface area (Å²) >= 11 is 0. The van der Waals surface area contributed by atoms with Crippen molar-refractivity contribution in [1.29, 1.82) is 0 Å². The van der Waals surface area contributed by atoms with Crippen LogP contribution in [0.5, 0.6) is 0 Å². The van der Waals surface area contributed by atoms with Crippen molar-refractivity contribution in [3.8, 4) is 0 Å². The lowest BCUT2D eigenvalue weighted by Crippen LogP contribution is -2.57. The molecule has 1 unspecified atom stereocenters. The molecule has 3 aliphatic heterocycles. The molecule has 0 N–H and O–H groups in total. The molecule has 1 aromatic carbocycles. The second kappa shape index (κ2) is 4.59. The third-order valence-electron chi connectivity index (χ3n) is 6.72. The highest BCUT2D eigenvalue weighted by molar-refractivity contribution is 5.35. The molecule has 4 aliphatic rings. The summed E-state index contributed by atoms with van der Waals surface area (Å²) in [5, 5.41) is 0. The SMILES string of the molecule is Cc1cc(C)cc([C@H]2OC3[C@H](C)O[C@H]4C[C@@]25CCCC[C@@]35O4)c1. The van der Waals surface area contributed by atoms with Gasteiger partial charge in [0.2, 0.25) is 0 Å². The number of hydrogen-bond donors (Lipinski definition) is 0. The largest absolute Gasteiger partial charge is 0.364 e. The van der Waals surface area contributed by atoms with Gasteiger partial charge in [0.15, 0.2) is 6.29 Å². The first-order valence-electron chi connectivity index (χ1n) is 9.11. The number of ether oxygens (including phenoxy) is 3. The predicted octanol–water partition coefficient (Wildman–Crippen LogP) is 4.21. The summed E-state index contributed by atoms with van der Waals surface area (Å²) in [7, 11) is 0. The number of hydrogen-bond acceptors (Lipinski definition) is 3. The summed E-state index contributed by atoms with van der Waals surface area (Å²) in [4.78, 5) is 0. The minimum Gasteiger partial charge on any atom is -0.364 e. The van der Waals surface area contributed by atoms with Crippen LogP contribution in [0.4, 0.5) is 0 Å². The molecule has 6 atom stereocenters. The Kier molecular flexibility index (Phi) is 2.88. The molecule has 5 rings (SSSR count). The van der Waals surface area contributed by atoms with Gasteiger partial charge >= 0.3 is 0 Å². The topological polar surface area (TPSA) is 27.7 Å². The maximum absolute atomic E-state index is 6.70. The molecule has 0 aromatic heterocycles. The standard InChI is InChI=1S/C20H26O3/c1-12-8-13(2)10-15(9-12)18-19-6-4-5-7-20(19)17(22-18)14(3)21-16(11-19)23-20/h8-10,14,16-18H,4-7,11H2,1-3H3/t14-,16+,17?,18+,19-,20+/m0/s1. The van der Waals surface area contributed by atoms with Crippen LogP contribution in [0.3, 0.4) is 0 Å². The minimum absolute atomic E-state index is 0.0309. The Labute approximate surface area is 138 Å². The van der Waals surface area contributed by atoms with Crippen LogP contribution in [0, 0.1) is 19.3 Å². The fraction of sp³-hybridized carbons (Fsp3) is 0.700. The van der Waals surface area contributed by atoms with Crippen LogP contribution in [0.1, 0.15) is 61.8 Å². The summed E-state index contributed by atoms with van der Waals surface area (Å²) in [5.74, 6) is 0. The summed E-state index contributed by atoms with van der Waals surface area (Å²) < 4.78 is 19.3. The Morgan fingerprint density at radius 2 is 1.74 bits per heavy atom. The van der Waals surface area contributed by atoms with Crippen molar-refractivity contribution in [2.45, 2.75) is 83.1 Å². The number of fused-ring (bicyclic) bond motifs is 1. The van der Waals surface area contributed by atoms with Crippen molar-refractivity contribution in [3.05, 3.63) is 34.9 Å². The van der Waals surface area contributed by atoms with E-state index < -0.39 is 0 Å². The zero-order valence-electron chi connectivity index (χ0n) is 14.3. The highest BCUT2D eigenvalue weighted by Gasteiger charge is 2.75. The summed E-state index contributed by atoms with van der Waals surface area (Å²) in [6.07, 6.45) is 6.18. The molecule has 3 saturated heterocycles. The second-order valence-electron chi connectivity index (χ2n) is 8.20. The lowest BCUT2D eigenvalue weighted by atomic mass is 9.59. The lowest BCUT2D eigenvalue weighted by molar-refractivity contribution is -0.287. The van der Waals surface area contributed by atoms with Crippen molar-refractivity contribution in [1.82, 2.24) is 0 Å². The van der Waals surface area contributed by atoms with E-state index in [2.05, 4.69) is 39.0 Å². The molecule has 4 fully saturated rings. The Balaban J connectivity index is 1.67. The number of aryl methyl sites for hydroxylation is 2. The molecule has 124 valence electrons. The van der Waals surface area contributed by atoms with E-state index in [1.54, 1.807) is 0 Å². The van der Waals surface area contributed by atoms with E-state index in [0.29, 0.717) is 0 Å². The molecular formula is C20H26O3. The Hall–Kier alpha value is -0.900. The van der Waals surface area contributed by atoms with Gasteiger partial charge in [0, 0.05) is 11.8 Å². The van der Waals surface area contributed by atoms with E-state index in [1.165, 1.54) is 36.0 Å². The summed E-state index contributed by atoms with van der Waals surface area (Å²) in [6, 6.07) is 6.87. The van der Waals surface area contributed by atoms with Crippen molar-refractivity contribution >= 4 is 0 Å². The van der Waals surface area contributed by atoms with Gasteiger partial charge < -0.3 is 14.2 Å². The highest BCUT2D eigenvalue weighted by atomic mass is 16.7. The smallest absolute Gasteiger partial charge is 0.159 e. The maximum atomic E-state index is 6.70. The van der Waals surface area contributed by atoms with Crippen LogP contribution in [0.15, 0.2) is 18.2 Å². The van der Waals surface area contributed by atoms with E-state index in [4.69, 9.17) is 14.2 Å². The number of rotatable bonds is 1.